The molecule has 0 aromatic carbocycles. The van der Waals surface area contributed by atoms with Gasteiger partial charge in [-0.05, 0) is 38.0 Å². The Hall–Kier alpha value is -1.59. The summed E-state index contributed by atoms with van der Waals surface area (Å²) < 4.78 is 5.43. The summed E-state index contributed by atoms with van der Waals surface area (Å²) in [5.41, 5.74) is 0. The minimum absolute atomic E-state index is 0.113. The van der Waals surface area contributed by atoms with Gasteiger partial charge >= 0.3 is 6.03 Å². The van der Waals surface area contributed by atoms with E-state index in [-0.39, 0.29) is 6.03 Å². The zero-order chi connectivity index (χ0) is 13.9. The molecule has 1 aliphatic carbocycles. The molecule has 0 unspecified atom stereocenters. The van der Waals surface area contributed by atoms with Gasteiger partial charge in [0.15, 0.2) is 0 Å². The lowest BCUT2D eigenvalue weighted by atomic mass is 10.0. The molecule has 2 heterocycles. The van der Waals surface area contributed by atoms with Crippen molar-refractivity contribution in [3.05, 3.63) is 11.8 Å². The predicted octanol–water partition coefficient (Wildman–Crippen LogP) is 1.89. The van der Waals surface area contributed by atoms with E-state index in [0.717, 1.165) is 57.5 Å². The van der Waals surface area contributed by atoms with Gasteiger partial charge in [-0.1, -0.05) is 0 Å². The van der Waals surface area contributed by atoms with Gasteiger partial charge in [0.1, 0.15) is 0 Å². The summed E-state index contributed by atoms with van der Waals surface area (Å²) in [6, 6.07) is 0.416. The normalized spacial score (nSPS) is 26.1. The SMILES string of the molecule is Cc1nnc(C[C@@H]2CC[C@H](NC(=O)N3CCCC3)C2)o1. The van der Waals surface area contributed by atoms with Gasteiger partial charge in [-0.3, -0.25) is 0 Å². The number of likely N-dealkylation sites (tertiary alicyclic amines) is 1. The Balaban J connectivity index is 1.45. The Labute approximate surface area is 118 Å². The smallest absolute Gasteiger partial charge is 0.317 e. The van der Waals surface area contributed by atoms with E-state index in [1.54, 1.807) is 0 Å². The number of hydrogen-bond donors (Lipinski definition) is 1. The average Bonchev–Trinajstić information content (AvgIpc) is 3.12. The van der Waals surface area contributed by atoms with Gasteiger partial charge in [0.25, 0.3) is 0 Å². The molecule has 2 amide bonds. The Morgan fingerprint density at radius 2 is 2.15 bits per heavy atom. The second kappa shape index (κ2) is 5.81. The minimum atomic E-state index is 0.113. The van der Waals surface area contributed by atoms with E-state index in [2.05, 4.69) is 15.5 Å². The van der Waals surface area contributed by atoms with Crippen molar-refractivity contribution in [3.63, 3.8) is 0 Å². The van der Waals surface area contributed by atoms with Crippen LogP contribution >= 0.6 is 0 Å². The topological polar surface area (TPSA) is 71.3 Å². The van der Waals surface area contributed by atoms with E-state index < -0.39 is 0 Å². The molecule has 0 radical (unpaired) electrons. The number of nitrogens with one attached hydrogen (secondary N) is 1. The highest BCUT2D eigenvalue weighted by atomic mass is 16.4. The van der Waals surface area contributed by atoms with Crippen LogP contribution in [-0.2, 0) is 6.42 Å². The molecule has 6 nitrogen and oxygen atoms in total. The third kappa shape index (κ3) is 3.11. The summed E-state index contributed by atoms with van der Waals surface area (Å²) in [7, 11) is 0. The number of aryl methyl sites for hydroxylation is 1. The summed E-state index contributed by atoms with van der Waals surface area (Å²) >= 11 is 0. The van der Waals surface area contributed by atoms with Crippen molar-refractivity contribution in [2.75, 3.05) is 13.1 Å². The monoisotopic (exact) mass is 278 g/mol. The van der Waals surface area contributed by atoms with Crippen LogP contribution in [-0.4, -0.2) is 40.3 Å². The first kappa shape index (κ1) is 13.4. The van der Waals surface area contributed by atoms with Gasteiger partial charge in [-0.25, -0.2) is 4.79 Å². The molecular weight excluding hydrogens is 256 g/mol. The summed E-state index contributed by atoms with van der Waals surface area (Å²) in [6.45, 7) is 3.62. The van der Waals surface area contributed by atoms with Crippen molar-refractivity contribution < 1.29 is 9.21 Å². The Bertz CT molecular complexity index is 467. The number of nitrogens with zero attached hydrogens (tertiary/aromatic N) is 3. The van der Waals surface area contributed by atoms with Crippen molar-refractivity contribution in [1.82, 2.24) is 20.4 Å². The molecule has 110 valence electrons. The van der Waals surface area contributed by atoms with E-state index >= 15 is 0 Å². The zero-order valence-corrected chi connectivity index (χ0v) is 12.0. The highest BCUT2D eigenvalue weighted by Gasteiger charge is 2.29. The Morgan fingerprint density at radius 1 is 1.35 bits per heavy atom. The van der Waals surface area contributed by atoms with Crippen molar-refractivity contribution in [2.45, 2.75) is 51.5 Å². The maximum Gasteiger partial charge on any atom is 0.317 e. The van der Waals surface area contributed by atoms with Crippen molar-refractivity contribution in [3.8, 4) is 0 Å². The van der Waals surface area contributed by atoms with E-state index in [4.69, 9.17) is 4.42 Å². The molecule has 0 bridgehead atoms. The van der Waals surface area contributed by atoms with Crippen molar-refractivity contribution >= 4 is 6.03 Å². The van der Waals surface area contributed by atoms with Crippen LogP contribution in [0.1, 0.15) is 43.9 Å². The number of carbonyl (C=O) groups excluding carboxylic acids is 1. The molecule has 2 fully saturated rings. The number of aromatic nitrogens is 2. The van der Waals surface area contributed by atoms with Crippen LogP contribution in [0.4, 0.5) is 4.79 Å². The van der Waals surface area contributed by atoms with Crippen molar-refractivity contribution in [1.29, 1.82) is 0 Å². The van der Waals surface area contributed by atoms with E-state index in [1.165, 1.54) is 0 Å². The lowest BCUT2D eigenvalue weighted by Gasteiger charge is -2.20. The molecule has 1 aliphatic heterocycles. The van der Waals surface area contributed by atoms with Gasteiger partial charge in [-0.15, -0.1) is 10.2 Å². The molecule has 2 aliphatic rings. The van der Waals surface area contributed by atoms with Crippen LogP contribution in [0.5, 0.6) is 0 Å². The van der Waals surface area contributed by atoms with Gasteiger partial charge in [0.05, 0.1) is 0 Å². The maximum absolute atomic E-state index is 12.0. The molecule has 1 N–H and O–H groups in total. The zero-order valence-electron chi connectivity index (χ0n) is 12.0. The van der Waals surface area contributed by atoms with E-state index in [9.17, 15) is 4.79 Å². The lowest BCUT2D eigenvalue weighted by molar-refractivity contribution is 0.204. The first-order valence-electron chi connectivity index (χ1n) is 7.55. The van der Waals surface area contributed by atoms with Gasteiger partial charge in [0, 0.05) is 32.5 Å². The van der Waals surface area contributed by atoms with E-state index in [1.807, 2.05) is 11.8 Å². The highest BCUT2D eigenvalue weighted by Crippen LogP contribution is 2.28. The average molecular weight is 278 g/mol. The van der Waals surface area contributed by atoms with Gasteiger partial charge < -0.3 is 14.6 Å². The number of amides is 2. The van der Waals surface area contributed by atoms with Crippen LogP contribution in [0.25, 0.3) is 0 Å². The molecule has 0 spiro atoms. The predicted molar refractivity (Wildman–Crippen MR) is 73.2 cm³/mol. The molecule has 20 heavy (non-hydrogen) atoms. The van der Waals surface area contributed by atoms with Gasteiger partial charge in [0.2, 0.25) is 11.8 Å². The largest absolute Gasteiger partial charge is 0.426 e. The second-order valence-corrected chi connectivity index (χ2v) is 5.94. The lowest BCUT2D eigenvalue weighted by Crippen LogP contribution is -2.42. The van der Waals surface area contributed by atoms with Gasteiger partial charge in [-0.2, -0.15) is 0 Å². The number of urea groups is 1. The standard InChI is InChI=1S/C14H22N4O2/c1-10-16-17-13(20-10)9-11-4-5-12(8-11)15-14(19)18-6-2-3-7-18/h11-12H,2-9H2,1H3,(H,15,19)/t11-,12+/m1/s1. The molecule has 1 aromatic rings. The second-order valence-electron chi connectivity index (χ2n) is 5.94. The first-order chi connectivity index (χ1) is 9.70. The summed E-state index contributed by atoms with van der Waals surface area (Å²) in [4.78, 5) is 14.0. The summed E-state index contributed by atoms with van der Waals surface area (Å²) in [5.74, 6) is 1.88. The number of hydrogen-bond acceptors (Lipinski definition) is 4. The van der Waals surface area contributed by atoms with Crippen LogP contribution in [0.15, 0.2) is 4.42 Å². The quantitative estimate of drug-likeness (QED) is 0.916. The highest BCUT2D eigenvalue weighted by molar-refractivity contribution is 5.74. The molecule has 2 atom stereocenters. The fourth-order valence-electron chi connectivity index (χ4n) is 3.24. The fourth-order valence-corrected chi connectivity index (χ4v) is 3.24. The first-order valence-corrected chi connectivity index (χ1v) is 7.55. The Morgan fingerprint density at radius 3 is 2.85 bits per heavy atom. The Kier molecular flexibility index (Phi) is 3.89. The molecule has 3 rings (SSSR count). The maximum atomic E-state index is 12.0. The number of carbonyl (C=O) groups is 1. The van der Waals surface area contributed by atoms with Crippen LogP contribution in [0, 0.1) is 12.8 Å². The third-order valence-electron chi connectivity index (χ3n) is 4.29. The molecular formula is C14H22N4O2. The minimum Gasteiger partial charge on any atom is -0.426 e. The number of rotatable bonds is 3. The molecule has 6 heteroatoms. The van der Waals surface area contributed by atoms with Crippen LogP contribution in [0.2, 0.25) is 0 Å². The van der Waals surface area contributed by atoms with Crippen LogP contribution in [0.3, 0.4) is 0 Å². The summed E-state index contributed by atoms with van der Waals surface area (Å²) in [5, 5.41) is 11.1. The molecule has 1 aromatic heterocycles. The van der Waals surface area contributed by atoms with E-state index in [0.29, 0.717) is 17.9 Å². The molecule has 1 saturated carbocycles. The molecule has 1 saturated heterocycles. The summed E-state index contributed by atoms with van der Waals surface area (Å²) in [6.07, 6.45) is 6.29. The third-order valence-corrected chi connectivity index (χ3v) is 4.29. The fraction of sp³-hybridized carbons (Fsp3) is 0.786. The van der Waals surface area contributed by atoms with Crippen LogP contribution < -0.4 is 5.32 Å². The van der Waals surface area contributed by atoms with Crippen molar-refractivity contribution in [2.24, 2.45) is 5.92 Å².